The topological polar surface area (TPSA) is 58.4 Å². The van der Waals surface area contributed by atoms with Gasteiger partial charge in [0.2, 0.25) is 0 Å². The number of carbonyl (C=O) groups excluding carboxylic acids is 1. The highest BCUT2D eigenvalue weighted by atomic mass is 16.5. The van der Waals surface area contributed by atoms with Crippen molar-refractivity contribution in [1.82, 2.24) is 10.1 Å². The monoisotopic (exact) mass is 271 g/mol. The molecular weight excluding hydrogens is 254 g/mol. The van der Waals surface area contributed by atoms with Crippen LogP contribution >= 0.6 is 0 Å². The van der Waals surface area contributed by atoms with E-state index in [1.165, 1.54) is 5.56 Å². The summed E-state index contributed by atoms with van der Waals surface area (Å²) in [5, 5.41) is 6.58. The van der Waals surface area contributed by atoms with E-state index >= 15 is 0 Å². The quantitative estimate of drug-likeness (QED) is 0.911. The van der Waals surface area contributed by atoms with Crippen molar-refractivity contribution in [2.24, 2.45) is 0 Å². The SMILES string of the molecule is Cc1cc(NC(=O)N2CCC[C@@H]2c2ccccc2)no1. The van der Waals surface area contributed by atoms with Gasteiger partial charge in [0.25, 0.3) is 0 Å². The highest BCUT2D eigenvalue weighted by Crippen LogP contribution is 2.32. The minimum Gasteiger partial charge on any atom is -0.360 e. The Balaban J connectivity index is 1.73. The molecule has 1 aliphatic rings. The van der Waals surface area contributed by atoms with Gasteiger partial charge in [-0.15, -0.1) is 0 Å². The van der Waals surface area contributed by atoms with Gasteiger partial charge in [-0.1, -0.05) is 35.5 Å². The van der Waals surface area contributed by atoms with E-state index in [0.717, 1.165) is 19.4 Å². The fraction of sp³-hybridized carbons (Fsp3) is 0.333. The first-order valence-corrected chi connectivity index (χ1v) is 6.80. The summed E-state index contributed by atoms with van der Waals surface area (Å²) in [5.74, 6) is 1.15. The molecular formula is C15H17N3O2. The number of benzene rings is 1. The van der Waals surface area contributed by atoms with Crippen LogP contribution in [0.5, 0.6) is 0 Å². The van der Waals surface area contributed by atoms with Crippen molar-refractivity contribution in [1.29, 1.82) is 0 Å². The van der Waals surface area contributed by atoms with Gasteiger partial charge in [-0.3, -0.25) is 5.32 Å². The van der Waals surface area contributed by atoms with Crippen molar-refractivity contribution in [2.45, 2.75) is 25.8 Å². The number of likely N-dealkylation sites (tertiary alicyclic amines) is 1. The van der Waals surface area contributed by atoms with Gasteiger partial charge >= 0.3 is 6.03 Å². The van der Waals surface area contributed by atoms with Crippen molar-refractivity contribution in [3.05, 3.63) is 47.7 Å². The summed E-state index contributed by atoms with van der Waals surface area (Å²) in [5.41, 5.74) is 1.18. The number of aryl methyl sites for hydroxylation is 1. The Kier molecular flexibility index (Phi) is 3.41. The standard InChI is InChI=1S/C15H17N3O2/c1-11-10-14(17-20-11)16-15(19)18-9-5-8-13(18)12-6-3-2-4-7-12/h2-4,6-7,10,13H,5,8-9H2,1H3,(H,16,17,19)/t13-/m1/s1. The van der Waals surface area contributed by atoms with Gasteiger partial charge in [-0.2, -0.15) is 0 Å². The molecule has 0 spiro atoms. The van der Waals surface area contributed by atoms with Crippen LogP contribution in [0.15, 0.2) is 40.9 Å². The van der Waals surface area contributed by atoms with Crippen LogP contribution in [-0.4, -0.2) is 22.6 Å². The molecule has 0 aliphatic carbocycles. The van der Waals surface area contributed by atoms with E-state index < -0.39 is 0 Å². The Labute approximate surface area is 117 Å². The molecule has 104 valence electrons. The molecule has 0 bridgehead atoms. The lowest BCUT2D eigenvalue weighted by Gasteiger charge is -2.24. The summed E-state index contributed by atoms with van der Waals surface area (Å²) < 4.78 is 4.96. The van der Waals surface area contributed by atoms with Crippen LogP contribution in [-0.2, 0) is 0 Å². The molecule has 1 saturated heterocycles. The molecule has 5 nitrogen and oxygen atoms in total. The Bertz CT molecular complexity index is 594. The third-order valence-corrected chi connectivity index (χ3v) is 3.56. The van der Waals surface area contributed by atoms with E-state index in [1.807, 2.05) is 23.1 Å². The minimum atomic E-state index is -0.121. The van der Waals surface area contributed by atoms with Crippen LogP contribution in [0.4, 0.5) is 10.6 Å². The molecule has 0 radical (unpaired) electrons. The first kappa shape index (κ1) is 12.7. The molecule has 5 heteroatoms. The predicted molar refractivity (Wildman–Crippen MR) is 75.4 cm³/mol. The van der Waals surface area contributed by atoms with E-state index in [2.05, 4.69) is 22.6 Å². The van der Waals surface area contributed by atoms with Crippen molar-refractivity contribution >= 4 is 11.8 Å². The van der Waals surface area contributed by atoms with Gasteiger partial charge in [0.1, 0.15) is 5.76 Å². The Morgan fingerprint density at radius 3 is 2.90 bits per heavy atom. The predicted octanol–water partition coefficient (Wildman–Crippen LogP) is 3.35. The second-order valence-corrected chi connectivity index (χ2v) is 5.02. The summed E-state index contributed by atoms with van der Waals surface area (Å²) >= 11 is 0. The second kappa shape index (κ2) is 5.36. The zero-order chi connectivity index (χ0) is 13.9. The summed E-state index contributed by atoms with van der Waals surface area (Å²) in [6.45, 7) is 2.56. The van der Waals surface area contributed by atoms with Crippen LogP contribution in [0.2, 0.25) is 0 Å². The highest BCUT2D eigenvalue weighted by Gasteiger charge is 2.30. The first-order chi connectivity index (χ1) is 9.74. The Hall–Kier alpha value is -2.30. The van der Waals surface area contributed by atoms with Crippen molar-refractivity contribution in [3.8, 4) is 0 Å². The summed E-state index contributed by atoms with van der Waals surface area (Å²) in [6.07, 6.45) is 2.01. The number of carbonyl (C=O) groups is 1. The van der Waals surface area contributed by atoms with Crippen molar-refractivity contribution < 1.29 is 9.32 Å². The van der Waals surface area contributed by atoms with E-state index in [1.54, 1.807) is 13.0 Å². The van der Waals surface area contributed by atoms with Gasteiger partial charge < -0.3 is 9.42 Å². The lowest BCUT2D eigenvalue weighted by molar-refractivity contribution is 0.207. The van der Waals surface area contributed by atoms with Gasteiger partial charge in [-0.25, -0.2) is 4.79 Å². The van der Waals surface area contributed by atoms with Crippen LogP contribution in [0.25, 0.3) is 0 Å². The van der Waals surface area contributed by atoms with Crippen LogP contribution in [0.3, 0.4) is 0 Å². The average molecular weight is 271 g/mol. The number of amides is 2. The third kappa shape index (κ3) is 2.52. The maximum atomic E-state index is 12.3. The van der Waals surface area contributed by atoms with E-state index in [4.69, 9.17) is 4.52 Å². The molecule has 1 atom stereocenters. The molecule has 1 aromatic carbocycles. The summed E-state index contributed by atoms with van der Waals surface area (Å²) in [7, 11) is 0. The number of anilines is 1. The van der Waals surface area contributed by atoms with E-state index in [0.29, 0.717) is 11.6 Å². The van der Waals surface area contributed by atoms with E-state index in [9.17, 15) is 4.79 Å². The lowest BCUT2D eigenvalue weighted by Crippen LogP contribution is -2.34. The average Bonchev–Trinajstić information content (AvgIpc) is 3.09. The Morgan fingerprint density at radius 1 is 1.40 bits per heavy atom. The second-order valence-electron chi connectivity index (χ2n) is 5.02. The van der Waals surface area contributed by atoms with Crippen molar-refractivity contribution in [2.75, 3.05) is 11.9 Å². The molecule has 1 fully saturated rings. The molecule has 1 N–H and O–H groups in total. The number of aromatic nitrogens is 1. The molecule has 20 heavy (non-hydrogen) atoms. The van der Waals surface area contributed by atoms with Gasteiger partial charge in [0, 0.05) is 12.6 Å². The maximum Gasteiger partial charge on any atom is 0.323 e. The number of urea groups is 1. The molecule has 1 aliphatic heterocycles. The van der Waals surface area contributed by atoms with E-state index in [-0.39, 0.29) is 12.1 Å². The fourth-order valence-corrected chi connectivity index (χ4v) is 2.64. The van der Waals surface area contributed by atoms with Crippen LogP contribution in [0, 0.1) is 6.92 Å². The Morgan fingerprint density at radius 2 is 2.20 bits per heavy atom. The fourth-order valence-electron chi connectivity index (χ4n) is 2.64. The molecule has 2 heterocycles. The number of hydrogen-bond acceptors (Lipinski definition) is 3. The molecule has 2 aromatic rings. The van der Waals surface area contributed by atoms with Crippen LogP contribution < -0.4 is 5.32 Å². The zero-order valence-corrected chi connectivity index (χ0v) is 11.4. The molecule has 0 saturated carbocycles. The smallest absolute Gasteiger partial charge is 0.323 e. The number of nitrogens with one attached hydrogen (secondary N) is 1. The number of nitrogens with zero attached hydrogens (tertiary/aromatic N) is 2. The van der Waals surface area contributed by atoms with Gasteiger partial charge in [0.15, 0.2) is 5.82 Å². The van der Waals surface area contributed by atoms with Crippen molar-refractivity contribution in [3.63, 3.8) is 0 Å². The van der Waals surface area contributed by atoms with Gasteiger partial charge in [0.05, 0.1) is 6.04 Å². The third-order valence-electron chi connectivity index (χ3n) is 3.56. The summed E-state index contributed by atoms with van der Waals surface area (Å²) in [6, 6.07) is 11.9. The largest absolute Gasteiger partial charge is 0.360 e. The molecule has 3 rings (SSSR count). The first-order valence-electron chi connectivity index (χ1n) is 6.80. The minimum absolute atomic E-state index is 0.121. The maximum absolute atomic E-state index is 12.3. The molecule has 1 aromatic heterocycles. The summed E-state index contributed by atoms with van der Waals surface area (Å²) in [4.78, 5) is 14.2. The number of rotatable bonds is 2. The normalized spacial score (nSPS) is 18.2. The molecule has 0 unspecified atom stereocenters. The zero-order valence-electron chi connectivity index (χ0n) is 11.4. The number of hydrogen-bond donors (Lipinski definition) is 1. The van der Waals surface area contributed by atoms with Crippen LogP contribution in [0.1, 0.15) is 30.2 Å². The lowest BCUT2D eigenvalue weighted by atomic mass is 10.1. The molecule has 2 amide bonds. The van der Waals surface area contributed by atoms with Gasteiger partial charge in [-0.05, 0) is 25.3 Å². The highest BCUT2D eigenvalue weighted by molar-refractivity contribution is 5.88.